The molecule has 0 spiro atoms. The summed E-state index contributed by atoms with van der Waals surface area (Å²) >= 11 is 1.87. The molecule has 154 valence electrons. The number of benzene rings is 5. The van der Waals surface area contributed by atoms with Crippen molar-refractivity contribution in [1.82, 2.24) is 4.57 Å². The summed E-state index contributed by atoms with van der Waals surface area (Å²) in [7, 11) is 0. The third-order valence-corrected chi connectivity index (χ3v) is 8.00. The molecule has 0 fully saturated rings. The van der Waals surface area contributed by atoms with Crippen molar-refractivity contribution in [2.75, 3.05) is 4.90 Å². The number of hydrogen-bond acceptors (Lipinski definition) is 2. The van der Waals surface area contributed by atoms with E-state index in [0.29, 0.717) is 0 Å². The summed E-state index contributed by atoms with van der Waals surface area (Å²) < 4.78 is 2.48. The smallest absolute Gasteiger partial charge is 0.0851 e. The summed E-state index contributed by atoms with van der Waals surface area (Å²) in [5, 5.41) is 2.61. The molecule has 0 bridgehead atoms. The molecule has 0 atom stereocenters. The molecule has 6 aromatic rings. The maximum absolute atomic E-state index is 2.48. The Morgan fingerprint density at radius 3 is 2.27 bits per heavy atom. The monoisotopic (exact) mass is 438 g/mol. The predicted molar refractivity (Wildman–Crippen MR) is 139 cm³/mol. The van der Waals surface area contributed by atoms with Gasteiger partial charge in [-0.1, -0.05) is 84.6 Å². The second-order valence-electron chi connectivity index (χ2n) is 8.64. The fraction of sp³-hybridized carbons (Fsp3) is 0. The molecular formula is C30H18N2S. The van der Waals surface area contributed by atoms with Crippen molar-refractivity contribution < 1.29 is 0 Å². The Labute approximate surface area is 195 Å². The average molecular weight is 439 g/mol. The minimum Gasteiger partial charge on any atom is -0.305 e. The molecule has 3 heteroatoms. The van der Waals surface area contributed by atoms with Crippen LogP contribution in [0, 0.1) is 0 Å². The first-order chi connectivity index (χ1) is 16.4. The Balaban J connectivity index is 1.56. The highest BCUT2D eigenvalue weighted by Gasteiger charge is 2.34. The first-order valence-corrected chi connectivity index (χ1v) is 12.0. The highest BCUT2D eigenvalue weighted by atomic mass is 32.2. The third-order valence-electron chi connectivity index (χ3n) is 6.89. The van der Waals surface area contributed by atoms with E-state index in [1.165, 1.54) is 65.5 Å². The summed E-state index contributed by atoms with van der Waals surface area (Å²) in [5.74, 6) is 0. The molecule has 33 heavy (non-hydrogen) atoms. The van der Waals surface area contributed by atoms with Crippen molar-refractivity contribution in [3.05, 3.63) is 109 Å². The zero-order chi connectivity index (χ0) is 21.5. The van der Waals surface area contributed by atoms with Gasteiger partial charge in [-0.15, -0.1) is 0 Å². The van der Waals surface area contributed by atoms with Gasteiger partial charge in [-0.2, -0.15) is 0 Å². The SMILES string of the molecule is c1ccc(-c2ccc3c(c2)-n2c4ccccc4c4ccc5c(c42)N3c2ccccc2S5)cc1. The molecule has 8 rings (SSSR count). The van der Waals surface area contributed by atoms with Crippen LogP contribution >= 0.6 is 11.8 Å². The van der Waals surface area contributed by atoms with Gasteiger partial charge in [-0.05, 0) is 47.5 Å². The lowest BCUT2D eigenvalue weighted by Crippen LogP contribution is -2.21. The summed E-state index contributed by atoms with van der Waals surface area (Å²) in [5.41, 5.74) is 10.0. The molecule has 2 aliphatic rings. The van der Waals surface area contributed by atoms with Gasteiger partial charge in [-0.3, -0.25) is 0 Å². The van der Waals surface area contributed by atoms with Gasteiger partial charge >= 0.3 is 0 Å². The van der Waals surface area contributed by atoms with Crippen LogP contribution in [0.1, 0.15) is 0 Å². The van der Waals surface area contributed by atoms with Gasteiger partial charge in [0.05, 0.1) is 33.8 Å². The highest BCUT2D eigenvalue weighted by Crippen LogP contribution is 2.58. The fourth-order valence-electron chi connectivity index (χ4n) is 5.49. The van der Waals surface area contributed by atoms with Crippen molar-refractivity contribution in [3.63, 3.8) is 0 Å². The van der Waals surface area contributed by atoms with Crippen LogP contribution in [0.4, 0.5) is 17.1 Å². The van der Waals surface area contributed by atoms with E-state index < -0.39 is 0 Å². The second-order valence-corrected chi connectivity index (χ2v) is 9.72. The molecule has 2 aliphatic heterocycles. The Kier molecular flexibility index (Phi) is 3.36. The Morgan fingerprint density at radius 1 is 0.515 bits per heavy atom. The van der Waals surface area contributed by atoms with E-state index in [0.717, 1.165) is 0 Å². The molecule has 5 aromatic carbocycles. The van der Waals surface area contributed by atoms with Gasteiger partial charge in [0.25, 0.3) is 0 Å². The predicted octanol–water partition coefficient (Wildman–Crippen LogP) is 8.70. The van der Waals surface area contributed by atoms with Gasteiger partial charge in [0.2, 0.25) is 0 Å². The van der Waals surface area contributed by atoms with Gasteiger partial charge in [0.15, 0.2) is 0 Å². The van der Waals surface area contributed by atoms with Crippen LogP contribution in [0.3, 0.4) is 0 Å². The number of fused-ring (bicyclic) bond motifs is 8. The Bertz CT molecular complexity index is 1750. The number of anilines is 3. The second kappa shape index (κ2) is 6.31. The van der Waals surface area contributed by atoms with Crippen LogP contribution < -0.4 is 4.90 Å². The van der Waals surface area contributed by atoms with Gasteiger partial charge in [0.1, 0.15) is 0 Å². The van der Waals surface area contributed by atoms with E-state index in [4.69, 9.17) is 0 Å². The maximum atomic E-state index is 2.48. The molecule has 0 aliphatic carbocycles. The summed E-state index contributed by atoms with van der Waals surface area (Å²) in [6.07, 6.45) is 0. The van der Waals surface area contributed by atoms with E-state index in [-0.39, 0.29) is 0 Å². The molecule has 0 N–H and O–H groups in total. The van der Waals surface area contributed by atoms with Crippen LogP contribution in [0.15, 0.2) is 119 Å². The number of para-hydroxylation sites is 2. The number of hydrogen-bond donors (Lipinski definition) is 0. The minimum absolute atomic E-state index is 1.23. The molecule has 0 amide bonds. The zero-order valence-electron chi connectivity index (χ0n) is 17.7. The Morgan fingerprint density at radius 2 is 1.33 bits per heavy atom. The lowest BCUT2D eigenvalue weighted by atomic mass is 10.0. The molecular weight excluding hydrogens is 420 g/mol. The van der Waals surface area contributed by atoms with Crippen molar-refractivity contribution in [1.29, 1.82) is 0 Å². The quantitative estimate of drug-likeness (QED) is 0.253. The first-order valence-electron chi connectivity index (χ1n) is 11.2. The lowest BCUT2D eigenvalue weighted by Gasteiger charge is -2.38. The van der Waals surface area contributed by atoms with Gasteiger partial charge in [-0.25, -0.2) is 0 Å². The van der Waals surface area contributed by atoms with Crippen molar-refractivity contribution in [2.24, 2.45) is 0 Å². The molecule has 0 radical (unpaired) electrons. The first kappa shape index (κ1) is 17.6. The van der Waals surface area contributed by atoms with Crippen LogP contribution in [-0.4, -0.2) is 4.57 Å². The normalized spacial score (nSPS) is 13.3. The van der Waals surface area contributed by atoms with E-state index in [1.807, 2.05) is 11.8 Å². The van der Waals surface area contributed by atoms with Crippen LogP contribution in [0.2, 0.25) is 0 Å². The summed E-state index contributed by atoms with van der Waals surface area (Å²) in [6.45, 7) is 0. The third kappa shape index (κ3) is 2.25. The molecule has 0 saturated heterocycles. The standard InChI is InChI=1S/C30H18N2S/c1-2-8-19(9-3-1)20-14-16-24-26(18-20)31-23-11-5-4-10-21(23)22-15-17-28-30(29(22)31)32(24)25-12-6-7-13-27(25)33-28/h1-18H. The van der Waals surface area contributed by atoms with E-state index in [2.05, 4.69) is 119 Å². The fourth-order valence-corrected chi connectivity index (χ4v) is 6.56. The van der Waals surface area contributed by atoms with Crippen LogP contribution in [0.25, 0.3) is 38.6 Å². The summed E-state index contributed by atoms with van der Waals surface area (Å²) in [4.78, 5) is 5.09. The summed E-state index contributed by atoms with van der Waals surface area (Å²) in [6, 6.07) is 39.7. The van der Waals surface area contributed by atoms with Crippen molar-refractivity contribution >= 4 is 50.6 Å². The molecule has 0 saturated carbocycles. The van der Waals surface area contributed by atoms with Gasteiger partial charge in [0, 0.05) is 20.6 Å². The molecule has 1 aromatic heterocycles. The van der Waals surface area contributed by atoms with Crippen molar-refractivity contribution in [3.8, 4) is 16.8 Å². The number of nitrogens with zero attached hydrogens (tertiary/aromatic N) is 2. The van der Waals surface area contributed by atoms with E-state index >= 15 is 0 Å². The minimum atomic E-state index is 1.23. The molecule has 0 unspecified atom stereocenters. The molecule has 3 heterocycles. The largest absolute Gasteiger partial charge is 0.305 e. The van der Waals surface area contributed by atoms with Gasteiger partial charge < -0.3 is 9.47 Å². The zero-order valence-corrected chi connectivity index (χ0v) is 18.5. The number of rotatable bonds is 1. The Hall–Kier alpha value is -3.95. The average Bonchev–Trinajstić information content (AvgIpc) is 3.23. The number of aromatic nitrogens is 1. The van der Waals surface area contributed by atoms with E-state index in [9.17, 15) is 0 Å². The van der Waals surface area contributed by atoms with Crippen LogP contribution in [0.5, 0.6) is 0 Å². The topological polar surface area (TPSA) is 8.17 Å². The van der Waals surface area contributed by atoms with Crippen molar-refractivity contribution in [2.45, 2.75) is 9.79 Å². The highest BCUT2D eigenvalue weighted by molar-refractivity contribution is 7.99. The maximum Gasteiger partial charge on any atom is 0.0851 e. The molecule has 2 nitrogen and oxygen atoms in total. The van der Waals surface area contributed by atoms with Crippen LogP contribution in [-0.2, 0) is 0 Å². The van der Waals surface area contributed by atoms with E-state index in [1.54, 1.807) is 0 Å². The lowest BCUT2D eigenvalue weighted by molar-refractivity contribution is 1.07.